The van der Waals surface area contributed by atoms with Crippen LogP contribution in [0.3, 0.4) is 0 Å². The summed E-state index contributed by atoms with van der Waals surface area (Å²) in [4.78, 5) is 12.2. The molecule has 25 heavy (non-hydrogen) atoms. The second-order valence-electron chi connectivity index (χ2n) is 5.79. The number of amides is 1. The van der Waals surface area contributed by atoms with Gasteiger partial charge in [0.25, 0.3) is 5.91 Å². The Morgan fingerprint density at radius 2 is 2.04 bits per heavy atom. The van der Waals surface area contributed by atoms with Gasteiger partial charge in [-0.1, -0.05) is 18.7 Å². The van der Waals surface area contributed by atoms with Gasteiger partial charge in [-0.25, -0.2) is 0 Å². The molecule has 0 aliphatic carbocycles. The lowest BCUT2D eigenvalue weighted by Gasteiger charge is -2.09. The Morgan fingerprint density at radius 1 is 1.24 bits per heavy atom. The number of carbonyl (C=O) groups excluding carboxylic acids is 1. The number of methoxy groups -OCH3 is 1. The van der Waals surface area contributed by atoms with Crippen molar-refractivity contribution in [3.63, 3.8) is 0 Å². The van der Waals surface area contributed by atoms with Gasteiger partial charge in [-0.15, -0.1) is 0 Å². The fraction of sp³-hybridized carbons (Fsp3) is 0.250. The minimum atomic E-state index is -0.168. The molecule has 1 amide bonds. The van der Waals surface area contributed by atoms with Crippen LogP contribution in [0.5, 0.6) is 17.2 Å². The zero-order valence-corrected chi connectivity index (χ0v) is 14.5. The highest BCUT2D eigenvalue weighted by Crippen LogP contribution is 2.26. The van der Waals surface area contributed by atoms with Crippen LogP contribution in [-0.4, -0.2) is 31.3 Å². The van der Waals surface area contributed by atoms with Crippen molar-refractivity contribution in [2.75, 3.05) is 20.3 Å². The van der Waals surface area contributed by atoms with E-state index >= 15 is 0 Å². The second kappa shape index (κ2) is 8.78. The lowest BCUT2D eigenvalue weighted by atomic mass is 10.1. The van der Waals surface area contributed by atoms with Gasteiger partial charge in [-0.3, -0.25) is 4.79 Å². The zero-order valence-electron chi connectivity index (χ0n) is 14.5. The summed E-state index contributed by atoms with van der Waals surface area (Å²) < 4.78 is 10.6. The number of aromatic hydroxyl groups is 1. The highest BCUT2D eigenvalue weighted by Gasteiger charge is 2.07. The van der Waals surface area contributed by atoms with E-state index in [-0.39, 0.29) is 11.7 Å². The molecule has 0 fully saturated rings. The van der Waals surface area contributed by atoms with Crippen LogP contribution in [0.4, 0.5) is 0 Å². The van der Waals surface area contributed by atoms with E-state index in [1.54, 1.807) is 36.4 Å². The van der Waals surface area contributed by atoms with Gasteiger partial charge in [-0.2, -0.15) is 0 Å². The summed E-state index contributed by atoms with van der Waals surface area (Å²) in [5, 5.41) is 12.6. The van der Waals surface area contributed by atoms with Crippen LogP contribution in [0.1, 0.15) is 22.8 Å². The fourth-order valence-electron chi connectivity index (χ4n) is 2.25. The first-order valence-corrected chi connectivity index (χ1v) is 8.01. The van der Waals surface area contributed by atoms with Crippen LogP contribution in [-0.2, 0) is 6.42 Å². The molecule has 132 valence electrons. The summed E-state index contributed by atoms with van der Waals surface area (Å²) in [6.45, 7) is 6.55. The molecule has 0 heterocycles. The van der Waals surface area contributed by atoms with Gasteiger partial charge in [0.1, 0.15) is 12.4 Å². The molecular weight excluding hydrogens is 318 g/mol. The fourth-order valence-corrected chi connectivity index (χ4v) is 2.25. The lowest BCUT2D eigenvalue weighted by Crippen LogP contribution is -2.25. The molecule has 0 aliphatic heterocycles. The van der Waals surface area contributed by atoms with Gasteiger partial charge in [0, 0.05) is 12.1 Å². The van der Waals surface area contributed by atoms with Gasteiger partial charge in [0.15, 0.2) is 11.5 Å². The first-order chi connectivity index (χ1) is 12.0. The van der Waals surface area contributed by atoms with Crippen molar-refractivity contribution >= 4 is 5.91 Å². The molecule has 2 rings (SSSR count). The van der Waals surface area contributed by atoms with Crippen LogP contribution < -0.4 is 14.8 Å². The number of carbonyl (C=O) groups is 1. The number of hydrogen-bond donors (Lipinski definition) is 2. The molecule has 2 aromatic carbocycles. The van der Waals surface area contributed by atoms with Gasteiger partial charge < -0.3 is 19.9 Å². The maximum atomic E-state index is 12.2. The predicted molar refractivity (Wildman–Crippen MR) is 97.4 cm³/mol. The molecule has 0 spiro atoms. The van der Waals surface area contributed by atoms with Crippen molar-refractivity contribution in [2.45, 2.75) is 13.3 Å². The molecule has 0 bridgehead atoms. The van der Waals surface area contributed by atoms with Crippen LogP contribution in [0.15, 0.2) is 54.6 Å². The van der Waals surface area contributed by atoms with Crippen LogP contribution in [0.2, 0.25) is 0 Å². The monoisotopic (exact) mass is 341 g/mol. The molecule has 0 saturated carbocycles. The predicted octanol–water partition coefficient (Wildman–Crippen LogP) is 3.33. The van der Waals surface area contributed by atoms with Crippen molar-refractivity contribution in [3.8, 4) is 17.2 Å². The molecule has 0 aromatic heterocycles. The standard InChI is InChI=1S/C20H23NO4/c1-14(2)13-25-17-6-4-5-16(12-17)20(23)21-10-9-15-7-8-19(24-3)18(22)11-15/h4-8,11-12,22H,1,9-10,13H2,2-3H3,(H,21,23). The minimum absolute atomic E-state index is 0.0914. The molecule has 5 nitrogen and oxygen atoms in total. The third-order valence-electron chi connectivity index (χ3n) is 3.52. The highest BCUT2D eigenvalue weighted by atomic mass is 16.5. The van der Waals surface area contributed by atoms with E-state index in [2.05, 4.69) is 11.9 Å². The number of nitrogens with one attached hydrogen (secondary N) is 1. The van der Waals surface area contributed by atoms with E-state index in [1.807, 2.05) is 13.0 Å². The number of ether oxygens (including phenoxy) is 2. The molecule has 0 unspecified atom stereocenters. The summed E-state index contributed by atoms with van der Waals surface area (Å²) in [5.74, 6) is 0.988. The second-order valence-corrected chi connectivity index (χ2v) is 5.79. The van der Waals surface area contributed by atoms with E-state index in [4.69, 9.17) is 9.47 Å². The third-order valence-corrected chi connectivity index (χ3v) is 3.52. The smallest absolute Gasteiger partial charge is 0.251 e. The quantitative estimate of drug-likeness (QED) is 0.723. The van der Waals surface area contributed by atoms with Crippen molar-refractivity contribution in [1.82, 2.24) is 5.32 Å². The molecule has 0 saturated heterocycles. The SMILES string of the molecule is C=C(C)COc1cccc(C(=O)NCCc2ccc(OC)c(O)c2)c1. The Labute approximate surface area is 147 Å². The number of phenols is 1. The Bertz CT molecular complexity index is 755. The molecule has 0 atom stereocenters. The Hall–Kier alpha value is -2.95. The molecular formula is C20H23NO4. The summed E-state index contributed by atoms with van der Waals surface area (Å²) in [7, 11) is 1.50. The van der Waals surface area contributed by atoms with Gasteiger partial charge in [-0.05, 0) is 54.8 Å². The molecule has 0 radical (unpaired) electrons. The summed E-state index contributed by atoms with van der Waals surface area (Å²) in [6, 6.07) is 12.2. The summed E-state index contributed by atoms with van der Waals surface area (Å²) >= 11 is 0. The van der Waals surface area contributed by atoms with E-state index in [9.17, 15) is 9.90 Å². The van der Waals surface area contributed by atoms with Crippen LogP contribution in [0, 0.1) is 0 Å². The average Bonchev–Trinajstić information content (AvgIpc) is 2.60. The lowest BCUT2D eigenvalue weighted by molar-refractivity contribution is 0.0953. The van der Waals surface area contributed by atoms with Crippen LogP contribution >= 0.6 is 0 Å². The Balaban J connectivity index is 1.88. The Morgan fingerprint density at radius 3 is 2.72 bits per heavy atom. The van der Waals surface area contributed by atoms with Crippen molar-refractivity contribution in [2.24, 2.45) is 0 Å². The zero-order chi connectivity index (χ0) is 18.2. The van der Waals surface area contributed by atoms with E-state index in [0.717, 1.165) is 11.1 Å². The number of benzene rings is 2. The number of phenolic OH excluding ortho intramolecular Hbond substituents is 1. The van der Waals surface area contributed by atoms with Gasteiger partial charge in [0.2, 0.25) is 0 Å². The minimum Gasteiger partial charge on any atom is -0.504 e. The Kier molecular flexibility index (Phi) is 6.46. The van der Waals surface area contributed by atoms with Gasteiger partial charge >= 0.3 is 0 Å². The average molecular weight is 341 g/mol. The summed E-state index contributed by atoms with van der Waals surface area (Å²) in [5.41, 5.74) is 2.37. The maximum absolute atomic E-state index is 12.2. The maximum Gasteiger partial charge on any atom is 0.251 e. The molecule has 2 aromatic rings. The largest absolute Gasteiger partial charge is 0.504 e. The number of hydrogen-bond acceptors (Lipinski definition) is 4. The van der Waals surface area contributed by atoms with Crippen LogP contribution in [0.25, 0.3) is 0 Å². The van der Waals surface area contributed by atoms with Crippen molar-refractivity contribution in [3.05, 3.63) is 65.7 Å². The normalized spacial score (nSPS) is 10.2. The molecule has 5 heteroatoms. The topological polar surface area (TPSA) is 67.8 Å². The molecule has 0 aliphatic rings. The third kappa shape index (κ3) is 5.57. The first kappa shape index (κ1) is 18.4. The number of rotatable bonds is 8. The first-order valence-electron chi connectivity index (χ1n) is 8.01. The van der Waals surface area contributed by atoms with Gasteiger partial charge in [0.05, 0.1) is 7.11 Å². The van der Waals surface area contributed by atoms with E-state index in [0.29, 0.717) is 36.6 Å². The van der Waals surface area contributed by atoms with Crippen molar-refractivity contribution in [1.29, 1.82) is 0 Å². The molecule has 2 N–H and O–H groups in total. The van der Waals surface area contributed by atoms with Crippen molar-refractivity contribution < 1.29 is 19.4 Å². The van der Waals surface area contributed by atoms with E-state index in [1.165, 1.54) is 7.11 Å². The summed E-state index contributed by atoms with van der Waals surface area (Å²) in [6.07, 6.45) is 0.606. The highest BCUT2D eigenvalue weighted by molar-refractivity contribution is 5.94. The van der Waals surface area contributed by atoms with E-state index < -0.39 is 0 Å².